The van der Waals surface area contributed by atoms with E-state index in [1.807, 2.05) is 52.0 Å². The smallest absolute Gasteiger partial charge is 0.269 e. The fraction of sp³-hybridized carbons (Fsp3) is 0.500. The minimum absolute atomic E-state index is 0.0469. The fourth-order valence-electron chi connectivity index (χ4n) is 3.09. The van der Waals surface area contributed by atoms with Gasteiger partial charge in [0.25, 0.3) is 5.69 Å². The molecule has 6 heteroatoms. The van der Waals surface area contributed by atoms with Gasteiger partial charge in [0.05, 0.1) is 16.4 Å². The minimum Gasteiger partial charge on any atom is -0.464 e. The van der Waals surface area contributed by atoms with Crippen molar-refractivity contribution in [1.29, 1.82) is 0 Å². The molecule has 0 bridgehead atoms. The number of thiol groups is 1. The van der Waals surface area contributed by atoms with Crippen molar-refractivity contribution in [1.82, 2.24) is 0 Å². The fourth-order valence-corrected chi connectivity index (χ4v) is 3.27. The van der Waals surface area contributed by atoms with Crippen LogP contribution in [-0.2, 0) is 10.2 Å². The van der Waals surface area contributed by atoms with E-state index < -0.39 is 16.6 Å². The molecule has 0 aromatic heterocycles. The number of non-ortho nitro benzene ring substituents is 1. The summed E-state index contributed by atoms with van der Waals surface area (Å²) in [6, 6.07) is 14.5. The van der Waals surface area contributed by atoms with Gasteiger partial charge in [-0.25, -0.2) is 0 Å². The SMILES string of the molecule is CC(C)OC(Oc1ccc(C(S)C(C)(C)C)cc1)C(C)(C)c1ccc([N+](=O)[O-])cc1. The highest BCUT2D eigenvalue weighted by Gasteiger charge is 2.35. The molecule has 0 amide bonds. The second-order valence-electron chi connectivity index (χ2n) is 9.50. The maximum Gasteiger partial charge on any atom is 0.269 e. The standard InChI is InChI=1S/C24H33NO4S/c1-16(2)28-22(24(6,7)18-10-12-19(13-11-18)25(26)27)29-20-14-8-17(9-15-20)21(30)23(3,4)5/h8-16,21-22,30H,1-7H3. The molecule has 0 aliphatic heterocycles. The van der Waals surface area contributed by atoms with Gasteiger partial charge in [-0.1, -0.05) is 45.0 Å². The molecule has 0 spiro atoms. The lowest BCUT2D eigenvalue weighted by molar-refractivity contribution is -0.384. The molecule has 0 radical (unpaired) electrons. The first-order chi connectivity index (χ1) is 13.8. The summed E-state index contributed by atoms with van der Waals surface area (Å²) in [6.45, 7) is 14.4. The van der Waals surface area contributed by atoms with Crippen LogP contribution in [0.1, 0.15) is 64.8 Å². The monoisotopic (exact) mass is 431 g/mol. The zero-order valence-corrected chi connectivity index (χ0v) is 19.8. The summed E-state index contributed by atoms with van der Waals surface area (Å²) < 4.78 is 12.4. The molecule has 0 aliphatic carbocycles. The largest absolute Gasteiger partial charge is 0.464 e. The molecule has 2 aromatic rings. The van der Waals surface area contributed by atoms with Gasteiger partial charge in [-0.2, -0.15) is 12.6 Å². The second kappa shape index (κ2) is 9.40. The van der Waals surface area contributed by atoms with Crippen LogP contribution in [0.25, 0.3) is 0 Å². The Hall–Kier alpha value is -2.05. The van der Waals surface area contributed by atoms with Gasteiger partial charge in [0.15, 0.2) is 0 Å². The molecule has 2 aromatic carbocycles. The molecular weight excluding hydrogens is 398 g/mol. The first-order valence-electron chi connectivity index (χ1n) is 10.2. The number of benzene rings is 2. The summed E-state index contributed by atoms with van der Waals surface area (Å²) in [5.74, 6) is 0.703. The maximum absolute atomic E-state index is 11.0. The number of hydrogen-bond acceptors (Lipinski definition) is 5. The van der Waals surface area contributed by atoms with Gasteiger partial charge in [-0.15, -0.1) is 0 Å². The van der Waals surface area contributed by atoms with E-state index in [9.17, 15) is 10.1 Å². The number of rotatable bonds is 8. The second-order valence-corrected chi connectivity index (χ2v) is 10.0. The molecule has 0 N–H and O–H groups in total. The van der Waals surface area contributed by atoms with Gasteiger partial charge in [-0.05, 0) is 56.4 Å². The maximum atomic E-state index is 11.0. The third-order valence-corrected chi connectivity index (χ3v) is 6.14. The summed E-state index contributed by atoms with van der Waals surface area (Å²) in [6.07, 6.45) is -0.617. The predicted octanol–water partition coefficient (Wildman–Crippen LogP) is 6.72. The zero-order valence-electron chi connectivity index (χ0n) is 18.9. The predicted molar refractivity (Wildman–Crippen MR) is 124 cm³/mol. The molecule has 0 aliphatic rings. The highest BCUT2D eigenvalue weighted by molar-refractivity contribution is 7.80. The van der Waals surface area contributed by atoms with Gasteiger partial charge in [0.2, 0.25) is 6.29 Å². The van der Waals surface area contributed by atoms with Crippen LogP contribution in [0, 0.1) is 15.5 Å². The average Bonchev–Trinajstić information content (AvgIpc) is 2.66. The van der Waals surface area contributed by atoms with Crippen molar-refractivity contribution in [3.05, 3.63) is 69.8 Å². The average molecular weight is 432 g/mol. The Morgan fingerprint density at radius 3 is 1.90 bits per heavy atom. The van der Waals surface area contributed by atoms with E-state index in [0.29, 0.717) is 5.75 Å². The summed E-state index contributed by atoms with van der Waals surface area (Å²) in [7, 11) is 0. The lowest BCUT2D eigenvalue weighted by Crippen LogP contribution is -2.42. The van der Waals surface area contributed by atoms with Crippen LogP contribution in [0.3, 0.4) is 0 Å². The van der Waals surface area contributed by atoms with Crippen molar-refractivity contribution < 1.29 is 14.4 Å². The highest BCUT2D eigenvalue weighted by atomic mass is 32.1. The Bertz CT molecular complexity index is 839. The van der Waals surface area contributed by atoms with E-state index in [-0.39, 0.29) is 22.5 Å². The van der Waals surface area contributed by atoms with Crippen molar-refractivity contribution in [3.8, 4) is 5.75 Å². The quantitative estimate of drug-likeness (QED) is 0.218. The Balaban J connectivity index is 2.27. The Kier molecular flexibility index (Phi) is 7.59. The van der Waals surface area contributed by atoms with Gasteiger partial charge in [-0.3, -0.25) is 10.1 Å². The molecule has 164 valence electrons. The Labute approximate surface area is 185 Å². The summed E-state index contributed by atoms with van der Waals surface area (Å²) in [5.41, 5.74) is 1.61. The minimum atomic E-state index is -0.570. The van der Waals surface area contributed by atoms with E-state index in [1.54, 1.807) is 12.1 Å². The number of nitro groups is 1. The third-order valence-electron chi connectivity index (χ3n) is 5.07. The normalized spacial score (nSPS) is 14.4. The van der Waals surface area contributed by atoms with Crippen LogP contribution in [0.4, 0.5) is 5.69 Å². The van der Waals surface area contributed by atoms with Crippen LogP contribution in [0.15, 0.2) is 48.5 Å². The first-order valence-corrected chi connectivity index (χ1v) is 10.7. The van der Waals surface area contributed by atoms with Crippen molar-refractivity contribution in [2.45, 2.75) is 71.5 Å². The molecule has 0 saturated carbocycles. The number of nitro benzene ring substituents is 1. The summed E-state index contributed by atoms with van der Waals surface area (Å²) >= 11 is 4.75. The number of nitrogens with zero attached hydrogens (tertiary/aromatic N) is 1. The molecule has 0 heterocycles. The van der Waals surface area contributed by atoms with Crippen molar-refractivity contribution >= 4 is 18.3 Å². The van der Waals surface area contributed by atoms with Crippen LogP contribution >= 0.6 is 12.6 Å². The van der Waals surface area contributed by atoms with Crippen molar-refractivity contribution in [2.75, 3.05) is 0 Å². The Morgan fingerprint density at radius 2 is 1.47 bits per heavy atom. The van der Waals surface area contributed by atoms with Crippen LogP contribution in [-0.4, -0.2) is 17.3 Å². The Morgan fingerprint density at radius 1 is 0.933 bits per heavy atom. The molecule has 2 rings (SSSR count). The van der Waals surface area contributed by atoms with Crippen molar-refractivity contribution in [2.24, 2.45) is 5.41 Å². The van der Waals surface area contributed by atoms with E-state index >= 15 is 0 Å². The van der Waals surface area contributed by atoms with E-state index in [0.717, 1.165) is 11.1 Å². The molecular formula is C24H33NO4S. The lowest BCUT2D eigenvalue weighted by Gasteiger charge is -2.36. The van der Waals surface area contributed by atoms with Crippen LogP contribution in [0.5, 0.6) is 5.75 Å². The molecule has 0 fully saturated rings. The van der Waals surface area contributed by atoms with E-state index in [2.05, 4.69) is 20.8 Å². The van der Waals surface area contributed by atoms with E-state index in [1.165, 1.54) is 12.1 Å². The summed E-state index contributed by atoms with van der Waals surface area (Å²) in [4.78, 5) is 10.6. The van der Waals surface area contributed by atoms with Crippen LogP contribution in [0.2, 0.25) is 0 Å². The number of ether oxygens (including phenoxy) is 2. The topological polar surface area (TPSA) is 61.6 Å². The zero-order chi connectivity index (χ0) is 22.7. The van der Waals surface area contributed by atoms with Crippen molar-refractivity contribution in [3.63, 3.8) is 0 Å². The third kappa shape index (κ3) is 5.99. The molecule has 0 saturated heterocycles. The molecule has 5 nitrogen and oxygen atoms in total. The summed E-state index contributed by atoms with van der Waals surface area (Å²) in [5, 5.41) is 11.1. The van der Waals surface area contributed by atoms with Crippen LogP contribution < -0.4 is 4.74 Å². The van der Waals surface area contributed by atoms with E-state index in [4.69, 9.17) is 22.1 Å². The van der Waals surface area contributed by atoms with Gasteiger partial charge in [0, 0.05) is 17.4 Å². The molecule has 2 unspecified atom stereocenters. The highest BCUT2D eigenvalue weighted by Crippen LogP contribution is 2.39. The lowest BCUT2D eigenvalue weighted by atomic mass is 9.83. The molecule has 30 heavy (non-hydrogen) atoms. The van der Waals surface area contributed by atoms with Gasteiger partial charge in [0.1, 0.15) is 5.75 Å². The first kappa shape index (κ1) is 24.2. The van der Waals surface area contributed by atoms with Gasteiger partial charge < -0.3 is 9.47 Å². The number of hydrogen-bond donors (Lipinski definition) is 1. The molecule has 2 atom stereocenters. The van der Waals surface area contributed by atoms with Gasteiger partial charge >= 0.3 is 0 Å².